The summed E-state index contributed by atoms with van der Waals surface area (Å²) in [6.45, 7) is 8.51. The summed E-state index contributed by atoms with van der Waals surface area (Å²) in [7, 11) is 0. The van der Waals surface area contributed by atoms with E-state index in [9.17, 15) is 4.79 Å². The number of carbonyl (C=O) groups excluding carboxylic acids is 1. The molecule has 7 heteroatoms. The van der Waals surface area contributed by atoms with E-state index in [1.54, 1.807) is 0 Å². The average Bonchev–Trinajstić information content (AvgIpc) is 2.59. The first-order valence-electron chi connectivity index (χ1n) is 8.45. The number of carbonyl (C=O) groups is 1. The van der Waals surface area contributed by atoms with Crippen LogP contribution < -0.4 is 11.1 Å². The predicted molar refractivity (Wildman–Crippen MR) is 108 cm³/mol. The van der Waals surface area contributed by atoms with Crippen molar-refractivity contribution in [3.8, 4) is 0 Å². The highest BCUT2D eigenvalue weighted by Crippen LogP contribution is 2.18. The van der Waals surface area contributed by atoms with Crippen LogP contribution in [-0.2, 0) is 0 Å². The third-order valence-corrected chi connectivity index (χ3v) is 4.28. The number of nitrogens with one attached hydrogen (secondary N) is 1. The maximum Gasteiger partial charge on any atom is 0.271 e. The number of nitrogens with zero attached hydrogens (tertiary/aromatic N) is 2. The largest absolute Gasteiger partial charge is 0.349 e. The summed E-state index contributed by atoms with van der Waals surface area (Å²) in [6, 6.07) is 7.84. The van der Waals surface area contributed by atoms with E-state index in [2.05, 4.69) is 41.3 Å². The maximum absolute atomic E-state index is 12.4. The first kappa shape index (κ1) is 22.4. The van der Waals surface area contributed by atoms with E-state index >= 15 is 0 Å². The van der Waals surface area contributed by atoms with Crippen molar-refractivity contribution < 1.29 is 4.79 Å². The van der Waals surface area contributed by atoms with Crippen molar-refractivity contribution in [3.05, 3.63) is 58.1 Å². The van der Waals surface area contributed by atoms with Crippen LogP contribution in [0.5, 0.6) is 0 Å². The van der Waals surface area contributed by atoms with Crippen LogP contribution in [0.1, 0.15) is 73.0 Å². The standard InChI is InChI=1S/C19H25ClN4O.ClH/c1-11(2)13-5-7-14(8-6-13)16(21)10-23-19(25)17-15(20)9-22-18(24-17)12(3)4;/h5-9,11-12,16H,10,21H2,1-4H3,(H,23,25);1H. The molecule has 2 aromatic rings. The van der Waals surface area contributed by atoms with E-state index in [0.29, 0.717) is 18.3 Å². The Kier molecular flexibility index (Phi) is 8.47. The first-order chi connectivity index (χ1) is 11.8. The van der Waals surface area contributed by atoms with Crippen LogP contribution in [0.2, 0.25) is 5.02 Å². The molecule has 1 atom stereocenters. The van der Waals surface area contributed by atoms with Crippen LogP contribution >= 0.6 is 24.0 Å². The van der Waals surface area contributed by atoms with Gasteiger partial charge in [0.25, 0.3) is 5.91 Å². The number of hydrogen-bond donors (Lipinski definition) is 2. The van der Waals surface area contributed by atoms with Gasteiger partial charge >= 0.3 is 0 Å². The molecule has 1 aromatic heterocycles. The third-order valence-electron chi connectivity index (χ3n) is 4.01. The molecule has 1 amide bonds. The monoisotopic (exact) mass is 396 g/mol. The number of benzene rings is 1. The summed E-state index contributed by atoms with van der Waals surface area (Å²) in [5.74, 6) is 0.831. The van der Waals surface area contributed by atoms with Crippen LogP contribution in [0.4, 0.5) is 0 Å². The van der Waals surface area contributed by atoms with Crippen LogP contribution in [0.15, 0.2) is 30.5 Å². The first-order valence-corrected chi connectivity index (χ1v) is 8.83. The molecule has 0 aliphatic rings. The van der Waals surface area contributed by atoms with Crippen LogP contribution in [0, 0.1) is 0 Å². The minimum Gasteiger partial charge on any atom is -0.349 e. The van der Waals surface area contributed by atoms with E-state index in [-0.39, 0.29) is 41.0 Å². The Morgan fingerprint density at radius 2 is 1.69 bits per heavy atom. The van der Waals surface area contributed by atoms with E-state index < -0.39 is 0 Å². The fourth-order valence-electron chi connectivity index (χ4n) is 2.35. The smallest absolute Gasteiger partial charge is 0.271 e. The molecule has 1 unspecified atom stereocenters. The topological polar surface area (TPSA) is 80.9 Å². The van der Waals surface area contributed by atoms with Crippen molar-refractivity contribution in [1.29, 1.82) is 0 Å². The third kappa shape index (κ3) is 5.66. The lowest BCUT2D eigenvalue weighted by molar-refractivity contribution is 0.0946. The van der Waals surface area contributed by atoms with Gasteiger partial charge in [-0.1, -0.05) is 63.6 Å². The second-order valence-corrected chi connectivity index (χ2v) is 7.12. The Balaban J connectivity index is 0.00000338. The van der Waals surface area contributed by atoms with Crippen LogP contribution in [-0.4, -0.2) is 22.4 Å². The Morgan fingerprint density at radius 3 is 2.23 bits per heavy atom. The highest BCUT2D eigenvalue weighted by molar-refractivity contribution is 6.33. The molecule has 1 aromatic carbocycles. The Morgan fingerprint density at radius 1 is 1.12 bits per heavy atom. The fourth-order valence-corrected chi connectivity index (χ4v) is 2.53. The van der Waals surface area contributed by atoms with Gasteiger partial charge in [0.05, 0.1) is 11.2 Å². The van der Waals surface area contributed by atoms with Gasteiger partial charge < -0.3 is 11.1 Å². The number of nitrogens with two attached hydrogens (primary N) is 1. The zero-order valence-electron chi connectivity index (χ0n) is 15.5. The second kappa shape index (κ2) is 9.86. The van der Waals surface area contributed by atoms with Gasteiger partial charge in [-0.25, -0.2) is 9.97 Å². The molecule has 0 bridgehead atoms. The fraction of sp³-hybridized carbons (Fsp3) is 0.421. The highest BCUT2D eigenvalue weighted by atomic mass is 35.5. The number of halogens is 2. The lowest BCUT2D eigenvalue weighted by Gasteiger charge is -2.15. The van der Waals surface area contributed by atoms with Gasteiger partial charge in [-0.2, -0.15) is 0 Å². The van der Waals surface area contributed by atoms with Crippen LogP contribution in [0.3, 0.4) is 0 Å². The summed E-state index contributed by atoms with van der Waals surface area (Å²) in [5, 5.41) is 3.04. The van der Waals surface area contributed by atoms with Gasteiger partial charge in [0, 0.05) is 18.5 Å². The Hall–Kier alpha value is -1.69. The Labute approximate surface area is 166 Å². The molecule has 2 rings (SSSR count). The predicted octanol–water partition coefficient (Wildman–Crippen LogP) is 4.23. The minimum atomic E-state index is -0.344. The second-order valence-electron chi connectivity index (χ2n) is 6.72. The molecule has 3 N–H and O–H groups in total. The maximum atomic E-state index is 12.4. The lowest BCUT2D eigenvalue weighted by Crippen LogP contribution is -2.32. The van der Waals surface area contributed by atoms with Crippen LogP contribution in [0.25, 0.3) is 0 Å². The highest BCUT2D eigenvalue weighted by Gasteiger charge is 2.16. The zero-order chi connectivity index (χ0) is 18.6. The number of aromatic nitrogens is 2. The van der Waals surface area contributed by atoms with Crippen molar-refractivity contribution in [2.24, 2.45) is 5.73 Å². The van der Waals surface area contributed by atoms with Gasteiger partial charge in [-0.3, -0.25) is 4.79 Å². The Bertz CT molecular complexity index is 733. The molecule has 0 aliphatic heterocycles. The van der Waals surface area contributed by atoms with E-state index in [1.807, 2.05) is 26.0 Å². The SMILES string of the molecule is CC(C)c1ccc(C(N)CNC(=O)c2nc(C(C)C)ncc2Cl)cc1.Cl. The molecule has 0 spiro atoms. The summed E-state index contributed by atoms with van der Waals surface area (Å²) in [4.78, 5) is 20.8. The normalized spacial score (nSPS) is 12.0. The molecule has 0 aliphatic carbocycles. The number of amides is 1. The summed E-state index contributed by atoms with van der Waals surface area (Å²) in [6.07, 6.45) is 1.46. The molecule has 26 heavy (non-hydrogen) atoms. The van der Waals surface area contributed by atoms with Gasteiger partial charge in [0.2, 0.25) is 0 Å². The summed E-state index contributed by atoms with van der Waals surface area (Å²) >= 11 is 6.06. The minimum absolute atomic E-state index is 0. The van der Waals surface area contributed by atoms with E-state index in [4.69, 9.17) is 17.3 Å². The molecule has 0 saturated heterocycles. The molecule has 0 fully saturated rings. The van der Waals surface area contributed by atoms with E-state index in [1.165, 1.54) is 11.8 Å². The molecule has 5 nitrogen and oxygen atoms in total. The number of hydrogen-bond acceptors (Lipinski definition) is 4. The number of rotatable bonds is 6. The van der Waals surface area contributed by atoms with Crippen molar-refractivity contribution in [3.63, 3.8) is 0 Å². The van der Waals surface area contributed by atoms with Crippen molar-refractivity contribution in [1.82, 2.24) is 15.3 Å². The van der Waals surface area contributed by atoms with Gasteiger partial charge in [-0.05, 0) is 17.0 Å². The average molecular weight is 397 g/mol. The summed E-state index contributed by atoms with van der Waals surface area (Å²) in [5.41, 5.74) is 8.60. The van der Waals surface area contributed by atoms with Crippen molar-refractivity contribution in [2.75, 3.05) is 6.54 Å². The van der Waals surface area contributed by atoms with Gasteiger partial charge in [-0.15, -0.1) is 12.4 Å². The van der Waals surface area contributed by atoms with Gasteiger partial charge in [0.1, 0.15) is 11.5 Å². The molecular weight excluding hydrogens is 371 g/mol. The molecular formula is C19H26Cl2N4O. The molecule has 0 radical (unpaired) electrons. The zero-order valence-corrected chi connectivity index (χ0v) is 17.1. The molecule has 142 valence electrons. The molecule has 0 saturated carbocycles. The quantitative estimate of drug-likeness (QED) is 0.765. The van der Waals surface area contributed by atoms with Gasteiger partial charge in [0.15, 0.2) is 0 Å². The lowest BCUT2D eigenvalue weighted by atomic mass is 9.99. The van der Waals surface area contributed by atoms with Crippen molar-refractivity contribution >= 4 is 29.9 Å². The van der Waals surface area contributed by atoms with Crippen molar-refractivity contribution in [2.45, 2.75) is 45.6 Å². The molecule has 1 heterocycles. The summed E-state index contributed by atoms with van der Waals surface area (Å²) < 4.78 is 0. The van der Waals surface area contributed by atoms with E-state index in [0.717, 1.165) is 5.56 Å².